The highest BCUT2D eigenvalue weighted by molar-refractivity contribution is 5.75. The van der Waals surface area contributed by atoms with E-state index in [1.165, 1.54) is 43.4 Å². The molecule has 0 bridgehead atoms. The number of nitrogens with zero attached hydrogens (tertiary/aromatic N) is 3. The molecule has 1 aliphatic carbocycles. The maximum absolute atomic E-state index is 12.7. The number of hydrogen-bond acceptors (Lipinski definition) is 2. The van der Waals surface area contributed by atoms with Crippen LogP contribution in [0.3, 0.4) is 0 Å². The molecule has 0 aromatic carbocycles. The lowest BCUT2D eigenvalue weighted by atomic mass is 9.85. The van der Waals surface area contributed by atoms with E-state index in [9.17, 15) is 4.79 Å². The smallest absolute Gasteiger partial charge is 0.317 e. The first-order valence-corrected chi connectivity index (χ1v) is 9.03. The number of amides is 2. The van der Waals surface area contributed by atoms with Crippen LogP contribution in [0.2, 0.25) is 0 Å². The molecule has 1 aromatic heterocycles. The minimum atomic E-state index is 0.131. The number of likely N-dealkylation sites (tertiary alicyclic amines) is 1. The molecule has 2 heterocycles. The molecule has 5 heteroatoms. The molecule has 3 unspecified atom stereocenters. The van der Waals surface area contributed by atoms with Gasteiger partial charge in [-0.25, -0.2) is 4.79 Å². The predicted octanol–water partition coefficient (Wildman–Crippen LogP) is 2.94. The van der Waals surface area contributed by atoms with Crippen LogP contribution in [-0.4, -0.2) is 39.3 Å². The summed E-state index contributed by atoms with van der Waals surface area (Å²) < 4.78 is 1.92. The number of urea groups is 1. The van der Waals surface area contributed by atoms with Gasteiger partial charge in [-0.15, -0.1) is 0 Å². The summed E-state index contributed by atoms with van der Waals surface area (Å²) in [6.45, 7) is 7.16. The molecule has 2 fully saturated rings. The van der Waals surface area contributed by atoms with Crippen molar-refractivity contribution < 1.29 is 4.79 Å². The van der Waals surface area contributed by atoms with Gasteiger partial charge in [-0.05, 0) is 57.9 Å². The molecule has 5 nitrogen and oxygen atoms in total. The second-order valence-corrected chi connectivity index (χ2v) is 7.42. The summed E-state index contributed by atoms with van der Waals surface area (Å²) in [6.07, 6.45) is 7.14. The minimum Gasteiger partial charge on any atom is -0.335 e. The van der Waals surface area contributed by atoms with E-state index in [4.69, 9.17) is 0 Å². The molecule has 23 heavy (non-hydrogen) atoms. The zero-order valence-corrected chi connectivity index (χ0v) is 14.9. The van der Waals surface area contributed by atoms with Crippen LogP contribution in [-0.2, 0) is 13.5 Å². The van der Waals surface area contributed by atoms with Crippen LogP contribution < -0.4 is 5.32 Å². The maximum atomic E-state index is 12.7. The zero-order valence-electron chi connectivity index (χ0n) is 14.9. The second-order valence-electron chi connectivity index (χ2n) is 7.42. The highest BCUT2D eigenvalue weighted by Crippen LogP contribution is 2.36. The van der Waals surface area contributed by atoms with Gasteiger partial charge in [-0.2, -0.15) is 5.10 Å². The summed E-state index contributed by atoms with van der Waals surface area (Å²) in [5.41, 5.74) is 3.52. The summed E-state index contributed by atoms with van der Waals surface area (Å²) in [5, 5.41) is 7.68. The molecule has 0 spiro atoms. The Morgan fingerprint density at radius 2 is 2.04 bits per heavy atom. The fourth-order valence-electron chi connectivity index (χ4n) is 4.42. The van der Waals surface area contributed by atoms with Gasteiger partial charge < -0.3 is 10.2 Å². The molecule has 3 atom stereocenters. The third-order valence-electron chi connectivity index (χ3n) is 5.81. The highest BCUT2D eigenvalue weighted by Gasteiger charge is 2.38. The molecule has 2 aliphatic rings. The predicted molar refractivity (Wildman–Crippen MR) is 91.4 cm³/mol. The van der Waals surface area contributed by atoms with Crippen LogP contribution >= 0.6 is 0 Å². The van der Waals surface area contributed by atoms with Crippen LogP contribution in [0.15, 0.2) is 0 Å². The zero-order chi connectivity index (χ0) is 16.6. The van der Waals surface area contributed by atoms with Crippen molar-refractivity contribution in [2.24, 2.45) is 13.0 Å². The van der Waals surface area contributed by atoms with Crippen molar-refractivity contribution in [2.45, 2.75) is 71.4 Å². The average Bonchev–Trinajstić information content (AvgIpc) is 3.04. The Kier molecular flexibility index (Phi) is 4.64. The number of fused-ring (bicyclic) bond motifs is 1. The van der Waals surface area contributed by atoms with Crippen LogP contribution in [0.5, 0.6) is 0 Å². The number of carbonyl (C=O) groups is 1. The van der Waals surface area contributed by atoms with Crippen molar-refractivity contribution in [1.82, 2.24) is 20.0 Å². The lowest BCUT2D eigenvalue weighted by molar-refractivity contribution is 0.167. The fraction of sp³-hybridized carbons (Fsp3) is 0.778. The van der Waals surface area contributed by atoms with Gasteiger partial charge in [0.1, 0.15) is 0 Å². The Balaban J connectivity index is 1.59. The first kappa shape index (κ1) is 16.3. The Morgan fingerprint density at radius 3 is 2.74 bits per heavy atom. The third kappa shape index (κ3) is 3.24. The van der Waals surface area contributed by atoms with Crippen molar-refractivity contribution in [2.75, 3.05) is 6.54 Å². The van der Waals surface area contributed by atoms with Crippen molar-refractivity contribution >= 4 is 6.03 Å². The van der Waals surface area contributed by atoms with Crippen LogP contribution in [0, 0.1) is 19.8 Å². The topological polar surface area (TPSA) is 50.2 Å². The SMILES string of the molecule is Cc1nn(C)c(C)c1CC(C)NC(=O)N1CCC2CCCCC21. The number of carbonyl (C=O) groups excluding carboxylic acids is 1. The molecule has 2 amide bonds. The third-order valence-corrected chi connectivity index (χ3v) is 5.81. The van der Waals surface area contributed by atoms with E-state index in [2.05, 4.69) is 29.2 Å². The summed E-state index contributed by atoms with van der Waals surface area (Å²) in [5.74, 6) is 0.743. The van der Waals surface area contributed by atoms with E-state index < -0.39 is 0 Å². The minimum absolute atomic E-state index is 0.131. The number of aromatic nitrogens is 2. The first-order valence-electron chi connectivity index (χ1n) is 9.03. The normalized spacial score (nSPS) is 25.3. The molecular formula is C18H30N4O. The monoisotopic (exact) mass is 318 g/mol. The molecule has 3 rings (SSSR count). The molecule has 1 aromatic rings. The lowest BCUT2D eigenvalue weighted by Crippen LogP contribution is -2.48. The second kappa shape index (κ2) is 6.54. The van der Waals surface area contributed by atoms with Crippen LogP contribution in [0.25, 0.3) is 0 Å². The van der Waals surface area contributed by atoms with E-state index >= 15 is 0 Å². The van der Waals surface area contributed by atoms with Crippen molar-refractivity contribution in [3.05, 3.63) is 17.0 Å². The Labute approximate surface area is 139 Å². The molecule has 1 saturated carbocycles. The van der Waals surface area contributed by atoms with Gasteiger partial charge in [0, 0.05) is 31.4 Å². The van der Waals surface area contributed by atoms with Crippen molar-refractivity contribution in [3.63, 3.8) is 0 Å². The Hall–Kier alpha value is -1.52. The molecule has 1 saturated heterocycles. The summed E-state index contributed by atoms with van der Waals surface area (Å²) in [6, 6.07) is 0.746. The summed E-state index contributed by atoms with van der Waals surface area (Å²) >= 11 is 0. The summed E-state index contributed by atoms with van der Waals surface area (Å²) in [7, 11) is 1.97. The van der Waals surface area contributed by atoms with Gasteiger partial charge >= 0.3 is 6.03 Å². The lowest BCUT2D eigenvalue weighted by Gasteiger charge is -2.32. The Bertz CT molecular complexity index is 580. The maximum Gasteiger partial charge on any atom is 0.317 e. The Morgan fingerprint density at radius 1 is 1.30 bits per heavy atom. The van der Waals surface area contributed by atoms with Gasteiger partial charge in [0.2, 0.25) is 0 Å². The van der Waals surface area contributed by atoms with Crippen LogP contribution in [0.1, 0.15) is 56.0 Å². The standard InChI is InChI=1S/C18H30N4O/c1-12(11-16-13(2)20-21(4)14(16)3)19-18(23)22-10-9-15-7-5-6-8-17(15)22/h12,15,17H,5-11H2,1-4H3,(H,19,23). The van der Waals surface area contributed by atoms with Gasteiger partial charge in [0.05, 0.1) is 5.69 Å². The largest absolute Gasteiger partial charge is 0.335 e. The van der Waals surface area contributed by atoms with Gasteiger partial charge in [0.15, 0.2) is 0 Å². The van der Waals surface area contributed by atoms with Crippen LogP contribution in [0.4, 0.5) is 4.79 Å². The van der Waals surface area contributed by atoms with Gasteiger partial charge in [0.25, 0.3) is 0 Å². The number of aryl methyl sites for hydroxylation is 2. The molecule has 128 valence electrons. The number of hydrogen-bond donors (Lipinski definition) is 1. The summed E-state index contributed by atoms with van der Waals surface area (Å²) in [4.78, 5) is 14.8. The molecule has 0 radical (unpaired) electrons. The van der Waals surface area contributed by atoms with E-state index in [1.807, 2.05) is 18.7 Å². The van der Waals surface area contributed by atoms with E-state index in [0.717, 1.165) is 24.6 Å². The number of rotatable bonds is 3. The quantitative estimate of drug-likeness (QED) is 0.931. The van der Waals surface area contributed by atoms with E-state index in [-0.39, 0.29) is 12.1 Å². The van der Waals surface area contributed by atoms with Crippen molar-refractivity contribution in [1.29, 1.82) is 0 Å². The van der Waals surface area contributed by atoms with Gasteiger partial charge in [-0.1, -0.05) is 12.8 Å². The van der Waals surface area contributed by atoms with Gasteiger partial charge in [-0.3, -0.25) is 4.68 Å². The molecular weight excluding hydrogens is 288 g/mol. The van der Waals surface area contributed by atoms with E-state index in [0.29, 0.717) is 6.04 Å². The molecule has 1 aliphatic heterocycles. The van der Waals surface area contributed by atoms with Crippen molar-refractivity contribution in [3.8, 4) is 0 Å². The fourth-order valence-corrected chi connectivity index (χ4v) is 4.42. The average molecular weight is 318 g/mol. The number of nitrogens with one attached hydrogen (secondary N) is 1. The first-order chi connectivity index (χ1) is 11.0. The molecule has 1 N–H and O–H groups in total. The highest BCUT2D eigenvalue weighted by atomic mass is 16.2. The van der Waals surface area contributed by atoms with E-state index in [1.54, 1.807) is 0 Å².